The minimum Gasteiger partial charge on any atom is -0.507 e. The topological polar surface area (TPSA) is 75.6 Å². The van der Waals surface area contributed by atoms with Gasteiger partial charge in [0.15, 0.2) is 6.10 Å². The fourth-order valence-corrected chi connectivity index (χ4v) is 3.14. The summed E-state index contributed by atoms with van der Waals surface area (Å²) in [7, 11) is 0. The van der Waals surface area contributed by atoms with Crippen molar-refractivity contribution < 1.29 is 19.4 Å². The highest BCUT2D eigenvalue weighted by molar-refractivity contribution is 9.10. The first-order valence-corrected chi connectivity index (χ1v) is 8.67. The second-order valence-corrected chi connectivity index (χ2v) is 7.00. The number of rotatable bonds is 4. The van der Waals surface area contributed by atoms with Gasteiger partial charge < -0.3 is 15.2 Å². The number of carbonyl (C=O) groups is 2. The number of carbonyl (C=O) groups excluding carboxylic acids is 2. The zero-order chi connectivity index (χ0) is 17.0. The van der Waals surface area contributed by atoms with Crippen molar-refractivity contribution in [3.63, 3.8) is 0 Å². The first-order chi connectivity index (χ1) is 10.9. The second kappa shape index (κ2) is 7.81. The van der Waals surface area contributed by atoms with Gasteiger partial charge in [-0.1, -0.05) is 35.7 Å². The second-order valence-electron chi connectivity index (χ2n) is 6.09. The number of esters is 1. The number of hydrogen-bond acceptors (Lipinski definition) is 4. The molecule has 3 atom stereocenters. The van der Waals surface area contributed by atoms with E-state index in [0.717, 1.165) is 19.3 Å². The Kier molecular flexibility index (Phi) is 6.04. The minimum absolute atomic E-state index is 0.0325. The summed E-state index contributed by atoms with van der Waals surface area (Å²) in [5.41, 5.74) is 0.0325. The molecule has 1 aliphatic rings. The molecular weight excluding hydrogens is 362 g/mol. The van der Waals surface area contributed by atoms with E-state index in [-0.39, 0.29) is 23.3 Å². The molecule has 0 radical (unpaired) electrons. The smallest absolute Gasteiger partial charge is 0.342 e. The summed E-state index contributed by atoms with van der Waals surface area (Å²) in [6, 6.07) is 4.62. The van der Waals surface area contributed by atoms with Gasteiger partial charge in [0, 0.05) is 10.5 Å². The fourth-order valence-electron chi connectivity index (χ4n) is 2.78. The molecule has 0 aromatic heterocycles. The lowest BCUT2D eigenvalue weighted by Crippen LogP contribution is -2.46. The van der Waals surface area contributed by atoms with Gasteiger partial charge in [-0.2, -0.15) is 0 Å². The molecule has 1 aromatic rings. The summed E-state index contributed by atoms with van der Waals surface area (Å²) in [6.07, 6.45) is 3.45. The molecule has 2 N–H and O–H groups in total. The third kappa shape index (κ3) is 4.70. The third-order valence-electron chi connectivity index (χ3n) is 4.27. The van der Waals surface area contributed by atoms with Gasteiger partial charge in [0.25, 0.3) is 5.91 Å². The van der Waals surface area contributed by atoms with Crippen LogP contribution in [0.2, 0.25) is 0 Å². The number of aromatic hydroxyl groups is 1. The van der Waals surface area contributed by atoms with Crippen molar-refractivity contribution in [3.8, 4) is 5.75 Å². The molecule has 0 unspecified atom stereocenters. The molecule has 0 aliphatic heterocycles. The van der Waals surface area contributed by atoms with Gasteiger partial charge in [-0.3, -0.25) is 4.79 Å². The number of benzene rings is 1. The Morgan fingerprint density at radius 3 is 2.74 bits per heavy atom. The van der Waals surface area contributed by atoms with E-state index >= 15 is 0 Å². The van der Waals surface area contributed by atoms with E-state index in [9.17, 15) is 14.7 Å². The highest BCUT2D eigenvalue weighted by Crippen LogP contribution is 2.25. The van der Waals surface area contributed by atoms with Crippen molar-refractivity contribution in [2.24, 2.45) is 5.92 Å². The van der Waals surface area contributed by atoms with Crippen molar-refractivity contribution in [2.45, 2.75) is 51.7 Å². The largest absolute Gasteiger partial charge is 0.507 e. The molecule has 1 saturated carbocycles. The molecule has 23 heavy (non-hydrogen) atoms. The van der Waals surface area contributed by atoms with Gasteiger partial charge in [0.1, 0.15) is 11.3 Å². The van der Waals surface area contributed by atoms with Crippen LogP contribution in [0.5, 0.6) is 5.75 Å². The molecule has 0 heterocycles. The van der Waals surface area contributed by atoms with Gasteiger partial charge in [-0.25, -0.2) is 4.79 Å². The standard InChI is InChI=1S/C17H22BrNO4/c1-10-5-3-4-6-14(10)19-16(21)11(2)23-17(22)13-9-12(18)7-8-15(13)20/h7-11,14,20H,3-6H2,1-2H3,(H,19,21)/t10-,11-,14-/m1/s1. The Balaban J connectivity index is 1.94. The molecule has 1 amide bonds. The molecule has 0 bridgehead atoms. The van der Waals surface area contributed by atoms with Gasteiger partial charge in [0.2, 0.25) is 0 Å². The quantitative estimate of drug-likeness (QED) is 0.781. The number of hydrogen-bond donors (Lipinski definition) is 2. The van der Waals surface area contributed by atoms with Crippen LogP contribution >= 0.6 is 15.9 Å². The van der Waals surface area contributed by atoms with Gasteiger partial charge >= 0.3 is 5.97 Å². The summed E-state index contributed by atoms with van der Waals surface area (Å²) in [5, 5.41) is 12.7. The highest BCUT2D eigenvalue weighted by atomic mass is 79.9. The molecular formula is C17H22BrNO4. The lowest BCUT2D eigenvalue weighted by atomic mass is 9.86. The van der Waals surface area contributed by atoms with Crippen molar-refractivity contribution in [1.29, 1.82) is 0 Å². The number of halogens is 1. The van der Waals surface area contributed by atoms with Crippen LogP contribution in [0.1, 0.15) is 49.9 Å². The van der Waals surface area contributed by atoms with Crippen LogP contribution in [-0.4, -0.2) is 29.1 Å². The predicted molar refractivity (Wildman–Crippen MR) is 90.2 cm³/mol. The third-order valence-corrected chi connectivity index (χ3v) is 4.76. The Hall–Kier alpha value is -1.56. The summed E-state index contributed by atoms with van der Waals surface area (Å²) in [6.45, 7) is 3.66. The van der Waals surface area contributed by atoms with Gasteiger partial charge in [-0.15, -0.1) is 0 Å². The van der Waals surface area contributed by atoms with E-state index in [4.69, 9.17) is 4.74 Å². The Bertz CT molecular complexity index is 590. The summed E-state index contributed by atoms with van der Waals surface area (Å²) < 4.78 is 5.83. The first-order valence-electron chi connectivity index (χ1n) is 7.88. The molecule has 1 fully saturated rings. The average Bonchev–Trinajstić information content (AvgIpc) is 2.51. The number of nitrogens with one attached hydrogen (secondary N) is 1. The summed E-state index contributed by atoms with van der Waals surface area (Å²) in [4.78, 5) is 24.3. The molecule has 1 aromatic carbocycles. The zero-order valence-corrected chi connectivity index (χ0v) is 14.9. The Morgan fingerprint density at radius 2 is 2.04 bits per heavy atom. The molecule has 5 nitrogen and oxygen atoms in total. The fraction of sp³-hybridized carbons (Fsp3) is 0.529. The number of phenols is 1. The normalized spacial score (nSPS) is 22.2. The first kappa shape index (κ1) is 17.8. The predicted octanol–water partition coefficient (Wildman–Crippen LogP) is 3.39. The van der Waals surface area contributed by atoms with Crippen molar-refractivity contribution in [1.82, 2.24) is 5.32 Å². The molecule has 2 rings (SSSR count). The summed E-state index contributed by atoms with van der Waals surface area (Å²) >= 11 is 3.23. The number of ether oxygens (including phenoxy) is 1. The lowest BCUT2D eigenvalue weighted by Gasteiger charge is -2.30. The van der Waals surface area contributed by atoms with Gasteiger partial charge in [0.05, 0.1) is 0 Å². The van der Waals surface area contributed by atoms with Crippen LogP contribution in [0.4, 0.5) is 0 Å². The molecule has 1 aliphatic carbocycles. The number of phenolic OH excluding ortho intramolecular Hbond substituents is 1. The maximum absolute atomic E-state index is 12.2. The molecule has 126 valence electrons. The van der Waals surface area contributed by atoms with Crippen LogP contribution in [0.25, 0.3) is 0 Å². The van der Waals surface area contributed by atoms with E-state index in [1.54, 1.807) is 6.07 Å². The molecule has 0 spiro atoms. The van der Waals surface area contributed by atoms with Gasteiger partial charge in [-0.05, 0) is 43.9 Å². The minimum atomic E-state index is -0.907. The monoisotopic (exact) mass is 383 g/mol. The van der Waals surface area contributed by atoms with E-state index in [2.05, 4.69) is 28.2 Å². The summed E-state index contributed by atoms with van der Waals surface area (Å²) in [5.74, 6) is -0.758. The average molecular weight is 384 g/mol. The zero-order valence-electron chi connectivity index (χ0n) is 13.3. The van der Waals surface area contributed by atoms with Crippen LogP contribution in [-0.2, 0) is 9.53 Å². The maximum atomic E-state index is 12.2. The number of amides is 1. The van der Waals surface area contributed by atoms with Crippen LogP contribution in [0, 0.1) is 5.92 Å². The molecule has 0 saturated heterocycles. The van der Waals surface area contributed by atoms with E-state index in [0.29, 0.717) is 10.4 Å². The van der Waals surface area contributed by atoms with E-state index in [1.807, 2.05) is 0 Å². The Labute approximate surface area is 144 Å². The van der Waals surface area contributed by atoms with Crippen LogP contribution in [0.3, 0.4) is 0 Å². The van der Waals surface area contributed by atoms with Crippen molar-refractivity contribution >= 4 is 27.8 Å². The van der Waals surface area contributed by atoms with Crippen LogP contribution < -0.4 is 5.32 Å². The lowest BCUT2D eigenvalue weighted by molar-refractivity contribution is -0.130. The van der Waals surface area contributed by atoms with E-state index < -0.39 is 12.1 Å². The molecule has 6 heteroatoms. The van der Waals surface area contributed by atoms with Crippen LogP contribution in [0.15, 0.2) is 22.7 Å². The SMILES string of the molecule is C[C@@H]1CCCC[C@H]1NC(=O)[C@@H](C)OC(=O)c1cc(Br)ccc1O. The van der Waals surface area contributed by atoms with Crippen molar-refractivity contribution in [2.75, 3.05) is 0 Å². The maximum Gasteiger partial charge on any atom is 0.342 e. The Morgan fingerprint density at radius 1 is 1.35 bits per heavy atom. The highest BCUT2D eigenvalue weighted by Gasteiger charge is 2.27. The van der Waals surface area contributed by atoms with Crippen molar-refractivity contribution in [3.05, 3.63) is 28.2 Å². The van der Waals surface area contributed by atoms with E-state index in [1.165, 1.54) is 25.5 Å².